The predicted octanol–water partition coefficient (Wildman–Crippen LogP) is 2.55. The van der Waals surface area contributed by atoms with E-state index in [9.17, 15) is 8.42 Å². The van der Waals surface area contributed by atoms with Crippen molar-refractivity contribution >= 4 is 80.2 Å². The normalized spacial score (nSPS) is 12.4. The zero-order valence-corrected chi connectivity index (χ0v) is 31.2. The molecule has 0 bridgehead atoms. The average molecular weight is 733 g/mol. The molecule has 0 fully saturated rings. The summed E-state index contributed by atoms with van der Waals surface area (Å²) in [6, 6.07) is 20.5. The Morgan fingerprint density at radius 2 is 1.06 bits per heavy atom. The summed E-state index contributed by atoms with van der Waals surface area (Å²) in [7, 11) is -3.62. The van der Waals surface area contributed by atoms with E-state index in [2.05, 4.69) is 34.8 Å². The summed E-state index contributed by atoms with van der Waals surface area (Å²) in [5.74, 6) is 0.564. The number of anilines is 2. The molecule has 3 aromatic rings. The monoisotopic (exact) mass is 731 g/mol. The van der Waals surface area contributed by atoms with Crippen LogP contribution >= 0.6 is 35.0 Å². The molecular formula is C29H37Cl3N11NaO2S. The molecule has 0 spiro atoms. The van der Waals surface area contributed by atoms with Crippen LogP contribution in [0, 0.1) is 6.92 Å². The Kier molecular flexibility index (Phi) is 20.1. The van der Waals surface area contributed by atoms with Crippen molar-refractivity contribution in [3.63, 3.8) is 0 Å². The van der Waals surface area contributed by atoms with Gasteiger partial charge in [0.1, 0.15) is 10.0 Å². The Labute approximate surface area is 312 Å². The Bertz CT molecular complexity index is 1520. The van der Waals surface area contributed by atoms with Crippen LogP contribution in [-0.4, -0.2) is 45.3 Å². The molecule has 0 saturated heterocycles. The van der Waals surface area contributed by atoms with Crippen molar-refractivity contribution in [2.75, 3.05) is 23.7 Å². The van der Waals surface area contributed by atoms with E-state index in [1.165, 1.54) is 12.1 Å². The quantitative estimate of drug-likeness (QED) is 0.0742. The van der Waals surface area contributed by atoms with Gasteiger partial charge in [-0.25, -0.2) is 8.42 Å². The van der Waals surface area contributed by atoms with Crippen LogP contribution in [0.15, 0.2) is 97.7 Å². The number of halogens is 3. The molecule has 0 radical (unpaired) electrons. The maximum absolute atomic E-state index is 11.0. The molecule has 10 N–H and O–H groups in total. The Balaban J connectivity index is 0.000000713. The number of rotatable bonds is 11. The van der Waals surface area contributed by atoms with E-state index in [-0.39, 0.29) is 58.3 Å². The second kappa shape index (κ2) is 22.5. The van der Waals surface area contributed by atoms with Gasteiger partial charge in [-0.15, -0.1) is 0 Å². The third-order valence-electron chi connectivity index (χ3n) is 5.73. The molecule has 0 aliphatic rings. The minimum absolute atomic E-state index is 0. The summed E-state index contributed by atoms with van der Waals surface area (Å²) in [6.45, 7) is 2.99. The molecule has 0 aromatic heterocycles. The molecule has 3 aromatic carbocycles. The van der Waals surface area contributed by atoms with Gasteiger partial charge in [-0.3, -0.25) is 21.8 Å². The van der Waals surface area contributed by atoms with Crippen LogP contribution in [0.1, 0.15) is 31.2 Å². The second-order valence-corrected chi connectivity index (χ2v) is 12.4. The van der Waals surface area contributed by atoms with Crippen molar-refractivity contribution in [1.82, 2.24) is 0 Å². The first-order chi connectivity index (χ1) is 21.9. The van der Waals surface area contributed by atoms with E-state index in [1.807, 2.05) is 6.92 Å². The molecule has 18 heteroatoms. The largest absolute Gasteiger partial charge is 1.00 e. The van der Waals surface area contributed by atoms with Crippen LogP contribution in [0.3, 0.4) is 0 Å². The van der Waals surface area contributed by atoms with E-state index in [1.54, 1.807) is 60.7 Å². The number of hydrogen-bond acceptors (Lipinski definition) is 4. The maximum atomic E-state index is 11.0. The third kappa shape index (κ3) is 18.2. The summed E-state index contributed by atoms with van der Waals surface area (Å²) >= 11 is 16.6. The molecule has 0 heterocycles. The summed E-state index contributed by atoms with van der Waals surface area (Å²) in [5.41, 5.74) is 25.8. The van der Waals surface area contributed by atoms with Gasteiger partial charge in [0.05, 0.1) is 0 Å². The molecule has 248 valence electrons. The molecule has 47 heavy (non-hydrogen) atoms. The van der Waals surface area contributed by atoms with Crippen LogP contribution in [-0.2, 0) is 10.0 Å². The zero-order valence-electron chi connectivity index (χ0n) is 26.1. The predicted molar refractivity (Wildman–Crippen MR) is 192 cm³/mol. The number of benzene rings is 3. The van der Waals surface area contributed by atoms with E-state index >= 15 is 0 Å². The SMILES string of the molecule is Cc1ccc(S(=O)(=O)[N-]Cl)cc1.NC(=NCCCCCCN=C(N)N=C(N)Nc1ccc(Cl)cc1)N=C(N)Nc1ccc(Cl)cc1.[Na+]. The van der Waals surface area contributed by atoms with Gasteiger partial charge in [-0.05, 0) is 80.4 Å². The number of aliphatic imine (C=N–C) groups is 4. The number of guanidine groups is 4. The first-order valence-electron chi connectivity index (χ1n) is 13.9. The molecule has 0 aliphatic heterocycles. The van der Waals surface area contributed by atoms with Gasteiger partial charge >= 0.3 is 29.6 Å². The fourth-order valence-corrected chi connectivity index (χ4v) is 4.50. The first-order valence-corrected chi connectivity index (χ1v) is 16.4. The number of aryl methyl sites for hydroxylation is 1. The number of unbranched alkanes of at least 4 members (excludes halogenated alkanes) is 3. The maximum Gasteiger partial charge on any atom is 1.00 e. The van der Waals surface area contributed by atoms with E-state index in [0.717, 1.165) is 42.6 Å². The summed E-state index contributed by atoms with van der Waals surface area (Å²) < 4.78 is 24.8. The van der Waals surface area contributed by atoms with Gasteiger partial charge in [0, 0.05) is 39.4 Å². The third-order valence-corrected chi connectivity index (χ3v) is 7.83. The van der Waals surface area contributed by atoms with Gasteiger partial charge in [0.15, 0.2) is 0 Å². The molecule has 0 atom stereocenters. The van der Waals surface area contributed by atoms with Gasteiger partial charge in [-0.2, -0.15) is 9.98 Å². The Morgan fingerprint density at radius 1 is 0.681 bits per heavy atom. The van der Waals surface area contributed by atoms with Crippen molar-refractivity contribution < 1.29 is 38.0 Å². The smallest absolute Gasteiger partial charge is 0.458 e. The Morgan fingerprint density at radius 3 is 1.43 bits per heavy atom. The summed E-state index contributed by atoms with van der Waals surface area (Å²) in [6.07, 6.45) is 3.68. The molecule has 0 unspecified atom stereocenters. The number of nitrogens with zero attached hydrogens (tertiary/aromatic N) is 5. The van der Waals surface area contributed by atoms with E-state index < -0.39 is 10.0 Å². The molecule has 0 aliphatic carbocycles. The minimum Gasteiger partial charge on any atom is -0.458 e. The summed E-state index contributed by atoms with van der Waals surface area (Å²) in [4.78, 5) is 16.6. The van der Waals surface area contributed by atoms with E-state index in [4.69, 9.17) is 57.9 Å². The first kappa shape index (κ1) is 41.9. The van der Waals surface area contributed by atoms with Crippen molar-refractivity contribution in [3.05, 3.63) is 92.6 Å². The van der Waals surface area contributed by atoms with E-state index in [0.29, 0.717) is 23.1 Å². The molecule has 13 nitrogen and oxygen atoms in total. The zero-order chi connectivity index (χ0) is 34.0. The van der Waals surface area contributed by atoms with Crippen LogP contribution in [0.4, 0.5) is 11.4 Å². The molecule has 3 rings (SSSR count). The van der Waals surface area contributed by atoms with Crippen LogP contribution < -0.4 is 63.1 Å². The molecule has 0 saturated carbocycles. The molecular weight excluding hydrogens is 696 g/mol. The van der Waals surface area contributed by atoms with Crippen molar-refractivity contribution in [1.29, 1.82) is 0 Å². The Hall–Kier alpha value is -3.08. The number of sulfonamides is 1. The fraction of sp³-hybridized carbons (Fsp3) is 0.241. The van der Waals surface area contributed by atoms with Gasteiger partial charge in [-0.1, -0.05) is 53.7 Å². The number of nitrogens with two attached hydrogens (primary N) is 4. The standard InChI is InChI=1S/C22H30Cl2N10.C7H7ClNO2S.Na/c23-15-5-9-17(10-6-15)31-21(27)33-19(25)29-13-3-1-2-4-14-30-20(26)34-22(28)32-18-11-7-16(24)8-12-18;1-6-2-4-7(5-3-6)12(10,11)9-8;/h5-12H,1-4,13-14H2,(H5,25,27,29,31,33)(H5,26,28,30,32,34);2-5H,1H3;/q;-1;+1. The number of nitrogens with one attached hydrogen (secondary N) is 2. The van der Waals surface area contributed by atoms with Gasteiger partial charge in [0.25, 0.3) is 0 Å². The van der Waals surface area contributed by atoms with Crippen LogP contribution in [0.2, 0.25) is 10.0 Å². The number of hydrogen-bond donors (Lipinski definition) is 6. The van der Waals surface area contributed by atoms with Crippen molar-refractivity contribution in [2.45, 2.75) is 37.5 Å². The fourth-order valence-electron chi connectivity index (χ4n) is 3.45. The van der Waals surface area contributed by atoms with Crippen LogP contribution in [0.5, 0.6) is 0 Å². The topological polar surface area (TPSA) is 226 Å². The summed E-state index contributed by atoms with van der Waals surface area (Å²) in [5, 5.41) is 7.11. The van der Waals surface area contributed by atoms with Crippen molar-refractivity contribution in [2.24, 2.45) is 42.9 Å². The van der Waals surface area contributed by atoms with Gasteiger partial charge < -0.3 is 37.8 Å². The van der Waals surface area contributed by atoms with Crippen LogP contribution in [0.25, 0.3) is 4.24 Å². The molecule has 0 amide bonds. The average Bonchev–Trinajstić information content (AvgIpc) is 3.01. The minimum atomic E-state index is -3.62. The second-order valence-electron chi connectivity index (χ2n) is 9.51. The van der Waals surface area contributed by atoms with Gasteiger partial charge in [0.2, 0.25) is 23.8 Å². The van der Waals surface area contributed by atoms with Crippen molar-refractivity contribution in [3.8, 4) is 0 Å².